The van der Waals surface area contributed by atoms with Gasteiger partial charge in [0.05, 0.1) is 0 Å². The minimum Gasteiger partial charge on any atom is -0.382 e. The summed E-state index contributed by atoms with van der Waals surface area (Å²) in [5.74, 6) is 0. The average molecular weight is 235 g/mol. The van der Waals surface area contributed by atoms with Crippen molar-refractivity contribution in [3.05, 3.63) is 35.9 Å². The molecule has 1 aromatic rings. The molecule has 0 unspecified atom stereocenters. The average Bonchev–Trinajstić information content (AvgIpc) is 2.38. The lowest BCUT2D eigenvalue weighted by Gasteiger charge is -2.05. The lowest BCUT2D eigenvalue weighted by molar-refractivity contribution is 0.145. The number of hydrogen-bond acceptors (Lipinski definition) is 2. The Morgan fingerprint density at radius 1 is 1.00 bits per heavy atom. The maximum absolute atomic E-state index is 5.28. The van der Waals surface area contributed by atoms with Crippen molar-refractivity contribution in [2.24, 2.45) is 0 Å². The number of hydrogen-bond donors (Lipinski definition) is 1. The number of rotatable bonds is 10. The molecule has 96 valence electrons. The Morgan fingerprint density at radius 3 is 2.53 bits per heavy atom. The lowest BCUT2D eigenvalue weighted by atomic mass is 10.1. The van der Waals surface area contributed by atoms with E-state index in [9.17, 15) is 0 Å². The van der Waals surface area contributed by atoms with Gasteiger partial charge in [0.1, 0.15) is 0 Å². The van der Waals surface area contributed by atoms with E-state index in [-0.39, 0.29) is 0 Å². The van der Waals surface area contributed by atoms with Crippen LogP contribution in [0, 0.1) is 0 Å². The van der Waals surface area contributed by atoms with Gasteiger partial charge in [0.2, 0.25) is 0 Å². The number of unbranched alkanes of at least 4 members (excludes halogenated alkanes) is 1. The molecule has 0 heterocycles. The monoisotopic (exact) mass is 235 g/mol. The van der Waals surface area contributed by atoms with Crippen LogP contribution in [0.25, 0.3) is 0 Å². The summed E-state index contributed by atoms with van der Waals surface area (Å²) in [4.78, 5) is 0. The van der Waals surface area contributed by atoms with Crippen LogP contribution < -0.4 is 5.32 Å². The first-order valence-electron chi connectivity index (χ1n) is 6.76. The largest absolute Gasteiger partial charge is 0.382 e. The standard InChI is InChI=1S/C15H25NO/c1-2-17-14-8-13-16-12-7-6-11-15-9-4-3-5-10-15/h3-5,9-10,16H,2,6-8,11-14H2,1H3. The molecule has 0 aromatic heterocycles. The molecule has 0 radical (unpaired) electrons. The fraction of sp³-hybridized carbons (Fsp3) is 0.600. The van der Waals surface area contributed by atoms with Crippen molar-refractivity contribution in [2.75, 3.05) is 26.3 Å². The summed E-state index contributed by atoms with van der Waals surface area (Å²) in [7, 11) is 0. The predicted octanol–water partition coefficient (Wildman–Crippen LogP) is 3.03. The third-order valence-electron chi connectivity index (χ3n) is 2.76. The second-order valence-corrected chi connectivity index (χ2v) is 4.24. The molecule has 0 spiro atoms. The molecule has 0 aliphatic carbocycles. The predicted molar refractivity (Wildman–Crippen MR) is 73.4 cm³/mol. The third-order valence-corrected chi connectivity index (χ3v) is 2.76. The molecule has 0 aliphatic rings. The second-order valence-electron chi connectivity index (χ2n) is 4.24. The van der Waals surface area contributed by atoms with Crippen molar-refractivity contribution >= 4 is 0 Å². The van der Waals surface area contributed by atoms with E-state index < -0.39 is 0 Å². The fourth-order valence-corrected chi connectivity index (χ4v) is 1.79. The summed E-state index contributed by atoms with van der Waals surface area (Å²) in [6.07, 6.45) is 4.83. The number of nitrogens with one attached hydrogen (secondary N) is 1. The summed E-state index contributed by atoms with van der Waals surface area (Å²) in [6.45, 7) is 5.95. The highest BCUT2D eigenvalue weighted by Crippen LogP contribution is 2.03. The van der Waals surface area contributed by atoms with Crippen molar-refractivity contribution < 1.29 is 4.74 Å². The van der Waals surface area contributed by atoms with E-state index in [0.717, 1.165) is 32.7 Å². The SMILES string of the molecule is CCOCCCNCCCCc1ccccc1. The molecule has 1 aromatic carbocycles. The fourth-order valence-electron chi connectivity index (χ4n) is 1.79. The van der Waals surface area contributed by atoms with Gasteiger partial charge < -0.3 is 10.1 Å². The molecule has 1 rings (SSSR count). The first-order valence-corrected chi connectivity index (χ1v) is 6.76. The van der Waals surface area contributed by atoms with Crippen LogP contribution in [-0.4, -0.2) is 26.3 Å². The Labute approximate surface area is 105 Å². The van der Waals surface area contributed by atoms with Gasteiger partial charge in [-0.05, 0) is 51.3 Å². The molecule has 0 amide bonds. The van der Waals surface area contributed by atoms with E-state index in [2.05, 4.69) is 35.6 Å². The summed E-state index contributed by atoms with van der Waals surface area (Å²) in [5.41, 5.74) is 1.45. The minimum atomic E-state index is 0.830. The summed E-state index contributed by atoms with van der Waals surface area (Å²) < 4.78 is 5.28. The molecule has 0 saturated heterocycles. The summed E-state index contributed by atoms with van der Waals surface area (Å²) in [5, 5.41) is 3.45. The summed E-state index contributed by atoms with van der Waals surface area (Å²) >= 11 is 0. The van der Waals surface area contributed by atoms with Crippen molar-refractivity contribution in [3.8, 4) is 0 Å². The van der Waals surface area contributed by atoms with Crippen molar-refractivity contribution in [3.63, 3.8) is 0 Å². The van der Waals surface area contributed by atoms with Crippen molar-refractivity contribution in [2.45, 2.75) is 32.6 Å². The highest BCUT2D eigenvalue weighted by atomic mass is 16.5. The Kier molecular flexibility index (Phi) is 8.61. The zero-order valence-electron chi connectivity index (χ0n) is 11.0. The van der Waals surface area contributed by atoms with Crippen molar-refractivity contribution in [1.82, 2.24) is 5.32 Å². The van der Waals surface area contributed by atoms with Crippen LogP contribution in [0.15, 0.2) is 30.3 Å². The van der Waals surface area contributed by atoms with Gasteiger partial charge in [-0.2, -0.15) is 0 Å². The molecular weight excluding hydrogens is 210 g/mol. The van der Waals surface area contributed by atoms with E-state index in [1.54, 1.807) is 0 Å². The highest BCUT2D eigenvalue weighted by molar-refractivity contribution is 5.14. The normalized spacial score (nSPS) is 10.6. The third kappa shape index (κ3) is 7.94. The van der Waals surface area contributed by atoms with E-state index in [1.807, 2.05) is 6.92 Å². The van der Waals surface area contributed by atoms with Gasteiger partial charge in [0, 0.05) is 13.2 Å². The minimum absolute atomic E-state index is 0.830. The summed E-state index contributed by atoms with van der Waals surface area (Å²) in [6, 6.07) is 10.7. The van der Waals surface area contributed by atoms with Gasteiger partial charge in [-0.15, -0.1) is 0 Å². The van der Waals surface area contributed by atoms with Gasteiger partial charge in [-0.1, -0.05) is 30.3 Å². The van der Waals surface area contributed by atoms with Crippen LogP contribution in [0.1, 0.15) is 31.7 Å². The van der Waals surface area contributed by atoms with Gasteiger partial charge in [-0.25, -0.2) is 0 Å². The molecule has 17 heavy (non-hydrogen) atoms. The van der Waals surface area contributed by atoms with E-state index in [4.69, 9.17) is 4.74 Å². The number of ether oxygens (including phenoxy) is 1. The zero-order valence-corrected chi connectivity index (χ0v) is 11.0. The molecule has 0 atom stereocenters. The lowest BCUT2D eigenvalue weighted by Crippen LogP contribution is -2.18. The second kappa shape index (κ2) is 10.3. The van der Waals surface area contributed by atoms with Gasteiger partial charge in [-0.3, -0.25) is 0 Å². The van der Waals surface area contributed by atoms with Gasteiger partial charge >= 0.3 is 0 Å². The molecule has 0 saturated carbocycles. The van der Waals surface area contributed by atoms with Gasteiger partial charge in [0.25, 0.3) is 0 Å². The van der Waals surface area contributed by atoms with Crippen LogP contribution in [0.5, 0.6) is 0 Å². The van der Waals surface area contributed by atoms with E-state index >= 15 is 0 Å². The van der Waals surface area contributed by atoms with Gasteiger partial charge in [0.15, 0.2) is 0 Å². The molecule has 0 aliphatic heterocycles. The molecule has 2 nitrogen and oxygen atoms in total. The van der Waals surface area contributed by atoms with Crippen LogP contribution >= 0.6 is 0 Å². The Bertz CT molecular complexity index is 261. The topological polar surface area (TPSA) is 21.3 Å². The van der Waals surface area contributed by atoms with Crippen LogP contribution in [0.3, 0.4) is 0 Å². The molecule has 0 fully saturated rings. The van der Waals surface area contributed by atoms with Crippen LogP contribution in [0.2, 0.25) is 0 Å². The molecule has 0 bridgehead atoms. The maximum atomic E-state index is 5.28. The molecule has 2 heteroatoms. The van der Waals surface area contributed by atoms with Crippen LogP contribution in [0.4, 0.5) is 0 Å². The van der Waals surface area contributed by atoms with Crippen LogP contribution in [-0.2, 0) is 11.2 Å². The molecular formula is C15H25NO. The van der Waals surface area contributed by atoms with E-state index in [0.29, 0.717) is 0 Å². The van der Waals surface area contributed by atoms with E-state index in [1.165, 1.54) is 24.8 Å². The first-order chi connectivity index (χ1) is 8.43. The zero-order chi connectivity index (χ0) is 12.2. The Balaban J connectivity index is 1.85. The Morgan fingerprint density at radius 2 is 1.76 bits per heavy atom. The quantitative estimate of drug-likeness (QED) is 0.629. The highest BCUT2D eigenvalue weighted by Gasteiger charge is 1.92. The first kappa shape index (κ1) is 14.2. The number of benzene rings is 1. The Hall–Kier alpha value is -0.860. The number of aryl methyl sites for hydroxylation is 1. The van der Waals surface area contributed by atoms with Crippen molar-refractivity contribution in [1.29, 1.82) is 0 Å². The molecule has 1 N–H and O–H groups in total. The smallest absolute Gasteiger partial charge is 0.0477 e. The maximum Gasteiger partial charge on any atom is 0.0477 e.